The van der Waals surface area contributed by atoms with Crippen molar-refractivity contribution in [2.75, 3.05) is 11.9 Å². The first-order valence-corrected chi connectivity index (χ1v) is 8.09. The maximum atomic E-state index is 12.1. The molecule has 134 valence electrons. The average molecular weight is 352 g/mol. The zero-order valence-corrected chi connectivity index (χ0v) is 14.9. The van der Waals surface area contributed by atoms with E-state index < -0.39 is 18.0 Å². The summed E-state index contributed by atoms with van der Waals surface area (Å²) in [7, 11) is 0. The number of carbonyl (C=O) groups is 2. The number of nitrogens with zero attached hydrogens (tertiary/aromatic N) is 1. The summed E-state index contributed by atoms with van der Waals surface area (Å²) in [4.78, 5) is 24.0. The molecule has 6 heteroatoms. The number of aryl methyl sites for hydroxylation is 2. The molecule has 0 aliphatic heterocycles. The van der Waals surface area contributed by atoms with Crippen molar-refractivity contribution in [1.29, 1.82) is 5.26 Å². The third-order valence-electron chi connectivity index (χ3n) is 3.77. The van der Waals surface area contributed by atoms with Crippen LogP contribution in [-0.4, -0.2) is 24.6 Å². The van der Waals surface area contributed by atoms with Gasteiger partial charge in [0.15, 0.2) is 12.7 Å². The first-order valence-electron chi connectivity index (χ1n) is 8.09. The van der Waals surface area contributed by atoms with Crippen molar-refractivity contribution in [3.63, 3.8) is 0 Å². The first-order chi connectivity index (χ1) is 12.4. The van der Waals surface area contributed by atoms with Crippen molar-refractivity contribution in [3.8, 4) is 11.8 Å². The van der Waals surface area contributed by atoms with Crippen LogP contribution in [0.15, 0.2) is 42.5 Å². The van der Waals surface area contributed by atoms with Crippen LogP contribution < -0.4 is 10.1 Å². The molecule has 0 spiro atoms. The number of esters is 1. The van der Waals surface area contributed by atoms with Crippen LogP contribution >= 0.6 is 0 Å². The fraction of sp³-hybridized carbons (Fsp3) is 0.250. The Labute approximate surface area is 152 Å². The number of ether oxygens (including phenoxy) is 2. The van der Waals surface area contributed by atoms with Crippen LogP contribution in [0, 0.1) is 25.2 Å². The predicted octanol–water partition coefficient (Wildman–Crippen LogP) is 3.12. The molecule has 1 amide bonds. The summed E-state index contributed by atoms with van der Waals surface area (Å²) in [6.45, 7) is 5.12. The fourth-order valence-corrected chi connectivity index (χ4v) is 2.14. The van der Waals surface area contributed by atoms with Gasteiger partial charge in [-0.2, -0.15) is 5.26 Å². The Balaban J connectivity index is 1.84. The molecule has 0 saturated heterocycles. The van der Waals surface area contributed by atoms with Gasteiger partial charge >= 0.3 is 5.97 Å². The molecule has 0 radical (unpaired) electrons. The number of amides is 1. The minimum Gasteiger partial charge on any atom is -0.482 e. The topological polar surface area (TPSA) is 88.4 Å². The molecule has 0 fully saturated rings. The number of hydrogen-bond donors (Lipinski definition) is 1. The second-order valence-electron chi connectivity index (χ2n) is 5.85. The number of carbonyl (C=O) groups excluding carboxylic acids is 2. The second kappa shape index (κ2) is 8.67. The molecule has 1 atom stereocenters. The molecule has 26 heavy (non-hydrogen) atoms. The quantitative estimate of drug-likeness (QED) is 0.807. The van der Waals surface area contributed by atoms with Gasteiger partial charge in [-0.15, -0.1) is 0 Å². The van der Waals surface area contributed by atoms with Crippen molar-refractivity contribution in [2.24, 2.45) is 0 Å². The lowest BCUT2D eigenvalue weighted by Gasteiger charge is -2.14. The SMILES string of the molecule is Cc1ccc(OCC(=O)OC(C)C(=O)Nc2cccc(C#N)c2)cc1C. The standard InChI is InChI=1S/C20H20N2O4/c1-13-7-8-18(9-14(13)2)25-12-19(23)26-15(3)20(24)22-17-6-4-5-16(10-17)11-21/h4-10,15H,12H2,1-3H3,(H,22,24). The Morgan fingerprint density at radius 3 is 2.62 bits per heavy atom. The Kier molecular flexibility index (Phi) is 6.34. The summed E-state index contributed by atoms with van der Waals surface area (Å²) in [6, 6.07) is 14.0. The van der Waals surface area contributed by atoms with E-state index in [0.717, 1.165) is 11.1 Å². The van der Waals surface area contributed by atoms with Crippen molar-refractivity contribution in [1.82, 2.24) is 0 Å². The molecule has 2 rings (SSSR count). The molecule has 0 aliphatic rings. The van der Waals surface area contributed by atoms with Gasteiger partial charge in [0.25, 0.3) is 5.91 Å². The molecule has 1 N–H and O–H groups in total. The van der Waals surface area contributed by atoms with Gasteiger partial charge in [0, 0.05) is 5.69 Å². The van der Waals surface area contributed by atoms with Crippen molar-refractivity contribution in [2.45, 2.75) is 26.9 Å². The highest BCUT2D eigenvalue weighted by Gasteiger charge is 2.18. The fourth-order valence-electron chi connectivity index (χ4n) is 2.14. The summed E-state index contributed by atoms with van der Waals surface area (Å²) in [5.41, 5.74) is 3.08. The number of nitrogens with one attached hydrogen (secondary N) is 1. The van der Waals surface area contributed by atoms with Crippen molar-refractivity contribution >= 4 is 17.6 Å². The summed E-state index contributed by atoms with van der Waals surface area (Å²) in [5, 5.41) is 11.5. The highest BCUT2D eigenvalue weighted by Crippen LogP contribution is 2.16. The van der Waals surface area contributed by atoms with E-state index in [2.05, 4.69) is 5.32 Å². The van der Waals surface area contributed by atoms with Gasteiger partial charge < -0.3 is 14.8 Å². The molecule has 0 saturated carbocycles. The van der Waals surface area contributed by atoms with Gasteiger partial charge in [-0.1, -0.05) is 12.1 Å². The Morgan fingerprint density at radius 1 is 1.15 bits per heavy atom. The second-order valence-corrected chi connectivity index (χ2v) is 5.85. The van der Waals surface area contributed by atoms with E-state index in [1.165, 1.54) is 13.0 Å². The molecular formula is C20H20N2O4. The molecule has 2 aromatic carbocycles. The van der Waals surface area contributed by atoms with E-state index in [1.807, 2.05) is 32.0 Å². The summed E-state index contributed by atoms with van der Waals surface area (Å²) in [5.74, 6) is -0.563. The summed E-state index contributed by atoms with van der Waals surface area (Å²) >= 11 is 0. The lowest BCUT2D eigenvalue weighted by Crippen LogP contribution is -2.31. The van der Waals surface area contributed by atoms with Gasteiger partial charge in [0.1, 0.15) is 5.75 Å². The Hall–Kier alpha value is -3.33. The van der Waals surface area contributed by atoms with Gasteiger partial charge in [-0.25, -0.2) is 4.79 Å². The molecule has 0 aromatic heterocycles. The van der Waals surface area contributed by atoms with Gasteiger partial charge in [-0.3, -0.25) is 4.79 Å². The van der Waals surface area contributed by atoms with Crippen molar-refractivity contribution < 1.29 is 19.1 Å². The van der Waals surface area contributed by atoms with Gasteiger partial charge in [0.2, 0.25) is 0 Å². The van der Waals surface area contributed by atoms with Crippen LogP contribution in [0.5, 0.6) is 5.75 Å². The molecule has 6 nitrogen and oxygen atoms in total. The molecule has 1 unspecified atom stereocenters. The van der Waals surface area contributed by atoms with Crippen molar-refractivity contribution in [3.05, 3.63) is 59.2 Å². The van der Waals surface area contributed by atoms with Gasteiger partial charge in [-0.05, 0) is 62.2 Å². The molecule has 0 heterocycles. The average Bonchev–Trinajstić information content (AvgIpc) is 2.62. The maximum absolute atomic E-state index is 12.1. The largest absolute Gasteiger partial charge is 0.482 e. The van der Waals surface area contributed by atoms with E-state index in [0.29, 0.717) is 17.0 Å². The van der Waals surface area contributed by atoms with Crippen LogP contribution in [0.1, 0.15) is 23.6 Å². The molecule has 0 bridgehead atoms. The smallest absolute Gasteiger partial charge is 0.344 e. The normalized spacial score (nSPS) is 11.2. The number of anilines is 1. The summed E-state index contributed by atoms with van der Waals surface area (Å²) < 4.78 is 10.5. The third-order valence-corrected chi connectivity index (χ3v) is 3.77. The summed E-state index contributed by atoms with van der Waals surface area (Å²) in [6.07, 6.45) is -0.989. The molecule has 0 aliphatic carbocycles. The van der Waals surface area contributed by atoms with E-state index in [9.17, 15) is 9.59 Å². The Bertz CT molecular complexity index is 855. The van der Waals surface area contributed by atoms with E-state index in [-0.39, 0.29) is 6.61 Å². The number of hydrogen-bond acceptors (Lipinski definition) is 5. The molecular weight excluding hydrogens is 332 g/mol. The van der Waals surface area contributed by atoms with Gasteiger partial charge in [0.05, 0.1) is 11.6 Å². The number of rotatable bonds is 6. The minimum atomic E-state index is -0.989. The van der Waals surface area contributed by atoms with E-state index in [1.54, 1.807) is 24.3 Å². The van der Waals surface area contributed by atoms with Crippen LogP contribution in [-0.2, 0) is 14.3 Å². The predicted molar refractivity (Wildman–Crippen MR) is 96.8 cm³/mol. The van der Waals surface area contributed by atoms with E-state index in [4.69, 9.17) is 14.7 Å². The number of nitriles is 1. The maximum Gasteiger partial charge on any atom is 0.344 e. The van der Waals surface area contributed by atoms with Crippen LogP contribution in [0.25, 0.3) is 0 Å². The van der Waals surface area contributed by atoms with Crippen LogP contribution in [0.4, 0.5) is 5.69 Å². The lowest BCUT2D eigenvalue weighted by atomic mass is 10.1. The highest BCUT2D eigenvalue weighted by molar-refractivity contribution is 5.95. The first kappa shape index (κ1) is 19.0. The monoisotopic (exact) mass is 352 g/mol. The third kappa shape index (κ3) is 5.35. The zero-order chi connectivity index (χ0) is 19.1. The minimum absolute atomic E-state index is 0.288. The number of benzene rings is 2. The zero-order valence-electron chi connectivity index (χ0n) is 14.9. The Morgan fingerprint density at radius 2 is 1.92 bits per heavy atom. The lowest BCUT2D eigenvalue weighted by molar-refractivity contribution is -0.155. The van der Waals surface area contributed by atoms with Crippen LogP contribution in [0.2, 0.25) is 0 Å². The van der Waals surface area contributed by atoms with E-state index >= 15 is 0 Å². The van der Waals surface area contributed by atoms with Crippen LogP contribution in [0.3, 0.4) is 0 Å². The molecule has 2 aromatic rings. The highest BCUT2D eigenvalue weighted by atomic mass is 16.6.